The molecule has 1 aromatic carbocycles. The van der Waals surface area contributed by atoms with E-state index in [-0.39, 0.29) is 5.78 Å². The fraction of sp³-hybridized carbons (Fsp3) is 0.133. The lowest BCUT2D eigenvalue weighted by molar-refractivity contribution is 0.104. The van der Waals surface area contributed by atoms with Gasteiger partial charge < -0.3 is 13.9 Å². The highest BCUT2D eigenvalue weighted by Crippen LogP contribution is 2.25. The summed E-state index contributed by atoms with van der Waals surface area (Å²) in [6, 6.07) is 8.58. The van der Waals surface area contributed by atoms with Crippen LogP contribution in [0.5, 0.6) is 11.5 Å². The molecule has 1 aromatic heterocycles. The molecule has 0 fully saturated rings. The van der Waals surface area contributed by atoms with E-state index < -0.39 is 0 Å². The normalized spacial score (nSPS) is 10.8. The zero-order valence-corrected chi connectivity index (χ0v) is 12.6. The van der Waals surface area contributed by atoms with Crippen molar-refractivity contribution in [3.8, 4) is 11.5 Å². The Bertz CT molecular complexity index is 643. The van der Waals surface area contributed by atoms with Crippen LogP contribution in [0, 0.1) is 0 Å². The molecule has 0 atom stereocenters. The molecule has 5 heteroatoms. The van der Waals surface area contributed by atoms with Crippen molar-refractivity contribution in [2.75, 3.05) is 14.2 Å². The Morgan fingerprint density at radius 3 is 2.60 bits per heavy atom. The number of carbonyl (C=O) groups is 1. The third kappa shape index (κ3) is 3.30. The summed E-state index contributed by atoms with van der Waals surface area (Å²) in [5.41, 5.74) is 0.468. The molecular weight excluding hydrogens is 324 g/mol. The van der Waals surface area contributed by atoms with Crippen molar-refractivity contribution in [3.63, 3.8) is 0 Å². The third-order valence-corrected chi connectivity index (χ3v) is 3.09. The van der Waals surface area contributed by atoms with Crippen molar-refractivity contribution in [1.82, 2.24) is 0 Å². The van der Waals surface area contributed by atoms with Crippen LogP contribution in [0.15, 0.2) is 45.5 Å². The first-order valence-corrected chi connectivity index (χ1v) is 6.63. The van der Waals surface area contributed by atoms with Gasteiger partial charge in [0, 0.05) is 6.07 Å². The van der Waals surface area contributed by atoms with E-state index in [1.54, 1.807) is 43.5 Å². The van der Waals surface area contributed by atoms with Gasteiger partial charge in [-0.2, -0.15) is 0 Å². The predicted octanol–water partition coefficient (Wildman–Crippen LogP) is 3.96. The zero-order valence-electron chi connectivity index (χ0n) is 11.1. The number of rotatable bonds is 5. The summed E-state index contributed by atoms with van der Waals surface area (Å²) in [6.07, 6.45) is 3.05. The Hall–Kier alpha value is -2.01. The molecule has 0 aliphatic heterocycles. The van der Waals surface area contributed by atoms with Crippen molar-refractivity contribution in [2.45, 2.75) is 0 Å². The van der Waals surface area contributed by atoms with Crippen LogP contribution >= 0.6 is 15.9 Å². The second-order valence-corrected chi connectivity index (χ2v) is 4.69. The minimum absolute atomic E-state index is 0.169. The largest absolute Gasteiger partial charge is 0.497 e. The van der Waals surface area contributed by atoms with E-state index >= 15 is 0 Å². The van der Waals surface area contributed by atoms with Crippen molar-refractivity contribution < 1.29 is 18.7 Å². The number of hydrogen-bond donors (Lipinski definition) is 0. The second kappa shape index (κ2) is 6.43. The molecule has 4 nitrogen and oxygen atoms in total. The van der Waals surface area contributed by atoms with Crippen molar-refractivity contribution in [1.29, 1.82) is 0 Å². The van der Waals surface area contributed by atoms with Crippen LogP contribution in [0.3, 0.4) is 0 Å². The van der Waals surface area contributed by atoms with Gasteiger partial charge in [0.05, 0.1) is 19.8 Å². The fourth-order valence-electron chi connectivity index (χ4n) is 1.67. The van der Waals surface area contributed by atoms with Crippen molar-refractivity contribution in [3.05, 3.63) is 52.4 Å². The molecule has 2 rings (SSSR count). The number of hydrogen-bond acceptors (Lipinski definition) is 4. The number of ketones is 1. The molecule has 104 valence electrons. The van der Waals surface area contributed by atoms with Gasteiger partial charge in [0.1, 0.15) is 17.3 Å². The van der Waals surface area contributed by atoms with Crippen LogP contribution in [-0.4, -0.2) is 20.0 Å². The quantitative estimate of drug-likeness (QED) is 0.612. The van der Waals surface area contributed by atoms with Crippen LogP contribution in [0.1, 0.15) is 16.1 Å². The van der Waals surface area contributed by atoms with Gasteiger partial charge in [-0.15, -0.1) is 0 Å². The van der Waals surface area contributed by atoms with Gasteiger partial charge in [-0.3, -0.25) is 4.79 Å². The maximum atomic E-state index is 12.1. The average molecular weight is 337 g/mol. The van der Waals surface area contributed by atoms with Gasteiger partial charge in [-0.05, 0) is 52.3 Å². The van der Waals surface area contributed by atoms with Gasteiger partial charge in [0.2, 0.25) is 0 Å². The van der Waals surface area contributed by atoms with Crippen molar-refractivity contribution >= 4 is 27.8 Å². The lowest BCUT2D eigenvalue weighted by atomic mass is 10.1. The topological polar surface area (TPSA) is 48.7 Å². The summed E-state index contributed by atoms with van der Waals surface area (Å²) >= 11 is 3.20. The highest BCUT2D eigenvalue weighted by molar-refractivity contribution is 9.10. The molecule has 0 N–H and O–H groups in total. The number of carbonyl (C=O) groups excluding carboxylic acids is 1. The molecule has 0 radical (unpaired) electrons. The number of methoxy groups -OCH3 is 2. The van der Waals surface area contributed by atoms with E-state index in [1.807, 2.05) is 0 Å². The van der Waals surface area contributed by atoms with E-state index in [0.717, 1.165) is 0 Å². The number of ether oxygens (including phenoxy) is 2. The molecule has 0 aliphatic rings. The molecule has 0 spiro atoms. The highest BCUT2D eigenvalue weighted by atomic mass is 79.9. The first-order valence-electron chi connectivity index (χ1n) is 5.84. The van der Waals surface area contributed by atoms with Gasteiger partial charge >= 0.3 is 0 Å². The molecular formula is C15H13BrO4. The summed E-state index contributed by atoms with van der Waals surface area (Å²) in [5, 5.41) is 0. The van der Waals surface area contributed by atoms with Crippen molar-refractivity contribution in [2.24, 2.45) is 0 Å². The lowest BCUT2D eigenvalue weighted by Gasteiger charge is -2.07. The van der Waals surface area contributed by atoms with E-state index in [0.29, 0.717) is 27.5 Å². The molecule has 1 heterocycles. The van der Waals surface area contributed by atoms with Gasteiger partial charge in [0.25, 0.3) is 0 Å². The summed E-state index contributed by atoms with van der Waals surface area (Å²) in [5.74, 6) is 1.53. The van der Waals surface area contributed by atoms with Crippen LogP contribution in [-0.2, 0) is 0 Å². The third-order valence-electron chi connectivity index (χ3n) is 2.67. The lowest BCUT2D eigenvalue weighted by Crippen LogP contribution is -1.99. The molecule has 0 bridgehead atoms. The van der Waals surface area contributed by atoms with E-state index in [4.69, 9.17) is 13.9 Å². The summed E-state index contributed by atoms with van der Waals surface area (Å²) in [4.78, 5) is 12.1. The minimum Gasteiger partial charge on any atom is -0.497 e. The molecule has 0 aliphatic carbocycles. The predicted molar refractivity (Wildman–Crippen MR) is 79.3 cm³/mol. The maximum Gasteiger partial charge on any atom is 0.189 e. The number of furan rings is 1. The minimum atomic E-state index is -0.169. The number of halogens is 1. The zero-order chi connectivity index (χ0) is 14.5. The first-order chi connectivity index (χ1) is 9.63. The number of benzene rings is 1. The Kier molecular flexibility index (Phi) is 4.63. The van der Waals surface area contributed by atoms with Crippen LogP contribution in [0.25, 0.3) is 6.08 Å². The monoisotopic (exact) mass is 336 g/mol. The SMILES string of the molecule is COc1ccc(C(=O)C=Cc2ccc(Br)o2)c(OC)c1. The first kappa shape index (κ1) is 14.4. The summed E-state index contributed by atoms with van der Waals surface area (Å²) in [6.45, 7) is 0. The number of allylic oxidation sites excluding steroid dienone is 1. The summed E-state index contributed by atoms with van der Waals surface area (Å²) < 4.78 is 16.2. The molecule has 0 saturated carbocycles. The molecule has 20 heavy (non-hydrogen) atoms. The molecule has 0 saturated heterocycles. The smallest absolute Gasteiger partial charge is 0.189 e. The van der Waals surface area contributed by atoms with Crippen LogP contribution < -0.4 is 9.47 Å². The average Bonchev–Trinajstić information content (AvgIpc) is 2.89. The Morgan fingerprint density at radius 1 is 1.20 bits per heavy atom. The van der Waals surface area contributed by atoms with Crippen LogP contribution in [0.2, 0.25) is 0 Å². The van der Waals surface area contributed by atoms with E-state index in [9.17, 15) is 4.79 Å². The Morgan fingerprint density at radius 2 is 2.00 bits per heavy atom. The molecule has 0 amide bonds. The molecule has 2 aromatic rings. The van der Waals surface area contributed by atoms with E-state index in [1.165, 1.54) is 13.2 Å². The van der Waals surface area contributed by atoms with Gasteiger partial charge in [-0.25, -0.2) is 0 Å². The maximum absolute atomic E-state index is 12.1. The highest BCUT2D eigenvalue weighted by Gasteiger charge is 2.11. The molecule has 0 unspecified atom stereocenters. The van der Waals surface area contributed by atoms with Crippen LogP contribution in [0.4, 0.5) is 0 Å². The summed E-state index contributed by atoms with van der Waals surface area (Å²) in [7, 11) is 3.07. The fourth-order valence-corrected chi connectivity index (χ4v) is 1.99. The van der Waals surface area contributed by atoms with Gasteiger partial charge in [0.15, 0.2) is 10.5 Å². The Balaban J connectivity index is 2.22. The standard InChI is InChI=1S/C15H13BrO4/c1-18-11-3-6-12(14(9-11)19-2)13(17)7-4-10-5-8-15(16)20-10/h3-9H,1-2H3. The Labute approximate surface area is 125 Å². The van der Waals surface area contributed by atoms with E-state index in [2.05, 4.69) is 15.9 Å². The second-order valence-electron chi connectivity index (χ2n) is 3.91. The van der Waals surface area contributed by atoms with Gasteiger partial charge in [-0.1, -0.05) is 0 Å².